The van der Waals surface area contributed by atoms with Crippen molar-refractivity contribution in [3.8, 4) is 0 Å². The van der Waals surface area contributed by atoms with E-state index in [-0.39, 0.29) is 21.0 Å². The Morgan fingerprint density at radius 1 is 0.947 bits per heavy atom. The molecule has 0 fully saturated rings. The zero-order chi connectivity index (χ0) is 14.7. The summed E-state index contributed by atoms with van der Waals surface area (Å²) in [6.45, 7) is 4.75. The number of carbonyl (C=O) groups excluding carboxylic acids is 2. The van der Waals surface area contributed by atoms with E-state index in [1.807, 2.05) is 13.8 Å². The molecule has 0 aromatic heterocycles. The average molecular weight is 360 g/mol. The molecular weight excluding hydrogens is 338 g/mol. The summed E-state index contributed by atoms with van der Waals surface area (Å²) in [6, 6.07) is 0. The molecule has 108 valence electrons. The van der Waals surface area contributed by atoms with E-state index in [0.29, 0.717) is 24.7 Å². The fourth-order valence-corrected chi connectivity index (χ4v) is 6.69. The number of thiol groups is 2. The van der Waals surface area contributed by atoms with E-state index in [1.54, 1.807) is 0 Å². The Bertz CT molecular complexity index is 250. The van der Waals surface area contributed by atoms with Gasteiger partial charge in [0.05, 0.1) is 0 Å². The molecule has 0 radical (unpaired) electrons. The van der Waals surface area contributed by atoms with Gasteiger partial charge in [-0.1, -0.05) is 0 Å². The van der Waals surface area contributed by atoms with Crippen LogP contribution in [0.25, 0.3) is 0 Å². The van der Waals surface area contributed by atoms with Crippen LogP contribution in [-0.2, 0) is 36.2 Å². The Hall–Kier alpha value is 0.263. The summed E-state index contributed by atoms with van der Waals surface area (Å²) in [5.74, 6) is 0.445. The molecule has 0 bridgehead atoms. The van der Waals surface area contributed by atoms with Crippen molar-refractivity contribution in [1.29, 1.82) is 0 Å². The fraction of sp³-hybridized carbons (Fsp3) is 0.833. The molecule has 0 amide bonds. The van der Waals surface area contributed by atoms with Gasteiger partial charge in [-0.3, -0.25) is 0 Å². The second kappa shape index (κ2) is 12.0. The first kappa shape index (κ1) is 19.3. The first-order chi connectivity index (χ1) is 9.10. The molecule has 2 atom stereocenters. The van der Waals surface area contributed by atoms with Crippen LogP contribution in [0.3, 0.4) is 0 Å². The van der Waals surface area contributed by atoms with Crippen LogP contribution < -0.4 is 0 Å². The molecule has 4 nitrogen and oxygen atoms in total. The third-order valence-corrected chi connectivity index (χ3v) is 10.5. The van der Waals surface area contributed by atoms with Crippen molar-refractivity contribution in [2.45, 2.75) is 35.7 Å². The van der Waals surface area contributed by atoms with Crippen molar-refractivity contribution in [2.24, 2.45) is 0 Å². The zero-order valence-electron chi connectivity index (χ0n) is 11.6. The molecule has 0 aliphatic rings. The van der Waals surface area contributed by atoms with Crippen LogP contribution >= 0.6 is 25.3 Å². The van der Waals surface area contributed by atoms with Crippen LogP contribution in [0.15, 0.2) is 0 Å². The molecule has 0 heterocycles. The van der Waals surface area contributed by atoms with Crippen LogP contribution in [0.4, 0.5) is 0 Å². The maximum absolute atomic E-state index is 11.8. The summed E-state index contributed by atoms with van der Waals surface area (Å²) in [6.07, 6.45) is 1.60. The molecule has 0 aliphatic carbocycles. The molecule has 2 unspecified atom stereocenters. The van der Waals surface area contributed by atoms with Crippen LogP contribution in [-0.4, -0.2) is 36.7 Å². The van der Waals surface area contributed by atoms with Crippen LogP contribution in [0.5, 0.6) is 0 Å². The molecule has 7 heteroatoms. The SMILES string of the molecule is CCCOC(=O)[CH](CS)[Zn][CH](CS)C(=O)OCCC. The second-order valence-electron chi connectivity index (χ2n) is 4.33. The molecule has 0 aromatic rings. The number of hydrogen-bond donors (Lipinski definition) is 2. The van der Waals surface area contributed by atoms with Gasteiger partial charge in [0.1, 0.15) is 0 Å². The zero-order valence-corrected chi connectivity index (χ0v) is 16.4. The first-order valence-corrected chi connectivity index (χ1v) is 11.3. The van der Waals surface area contributed by atoms with Crippen molar-refractivity contribution >= 4 is 37.2 Å². The van der Waals surface area contributed by atoms with Gasteiger partial charge in [0.2, 0.25) is 0 Å². The van der Waals surface area contributed by atoms with Gasteiger partial charge in [0.25, 0.3) is 0 Å². The summed E-state index contributed by atoms with van der Waals surface area (Å²) >= 11 is 6.90. The molecular formula is C12H22O4S2Zn. The van der Waals surface area contributed by atoms with E-state index in [2.05, 4.69) is 25.3 Å². The first-order valence-electron chi connectivity index (χ1n) is 6.65. The normalized spacial score (nSPS) is 13.3. The molecule has 0 saturated carbocycles. The van der Waals surface area contributed by atoms with E-state index in [4.69, 9.17) is 9.47 Å². The summed E-state index contributed by atoms with van der Waals surface area (Å²) in [5.41, 5.74) is 0. The van der Waals surface area contributed by atoms with Crippen LogP contribution in [0, 0.1) is 0 Å². The average Bonchev–Trinajstić information content (AvgIpc) is 2.43. The monoisotopic (exact) mass is 358 g/mol. The van der Waals surface area contributed by atoms with Gasteiger partial charge >= 0.3 is 134 Å². The Morgan fingerprint density at radius 2 is 1.32 bits per heavy atom. The molecule has 0 spiro atoms. The quantitative estimate of drug-likeness (QED) is 0.357. The number of hydrogen-bond acceptors (Lipinski definition) is 6. The second-order valence-corrected chi connectivity index (χ2v) is 10.2. The Morgan fingerprint density at radius 3 is 1.58 bits per heavy atom. The molecule has 0 saturated heterocycles. The summed E-state index contributed by atoms with van der Waals surface area (Å²) < 4.78 is 9.86. The van der Waals surface area contributed by atoms with E-state index in [0.717, 1.165) is 12.8 Å². The summed E-state index contributed by atoms with van der Waals surface area (Å²) in [5, 5.41) is 0. The van der Waals surface area contributed by atoms with Crippen LogP contribution in [0.1, 0.15) is 26.7 Å². The van der Waals surface area contributed by atoms with E-state index < -0.39 is 17.1 Å². The minimum atomic E-state index is -1.50. The van der Waals surface area contributed by atoms with Crippen molar-refractivity contribution in [1.82, 2.24) is 0 Å². The van der Waals surface area contributed by atoms with E-state index in [9.17, 15) is 9.59 Å². The predicted octanol–water partition coefficient (Wildman–Crippen LogP) is 2.41. The number of carbonyl (C=O) groups is 2. The number of ether oxygens (including phenoxy) is 2. The standard InChI is InChI=1S/2C6H11O2S.Zn/c2*1-2-4-8-6(7)3-5-9;/h2*3,9H,2,4-5H2,1H3;. The van der Waals surface area contributed by atoms with E-state index >= 15 is 0 Å². The Labute approximate surface area is 133 Å². The van der Waals surface area contributed by atoms with Gasteiger partial charge < -0.3 is 0 Å². The third kappa shape index (κ3) is 8.21. The Balaban J connectivity index is 4.38. The number of esters is 2. The Kier molecular flexibility index (Phi) is 12.2. The van der Waals surface area contributed by atoms with Gasteiger partial charge in [0.15, 0.2) is 0 Å². The molecule has 19 heavy (non-hydrogen) atoms. The molecule has 0 aromatic carbocycles. The van der Waals surface area contributed by atoms with Crippen molar-refractivity contribution in [3.63, 3.8) is 0 Å². The molecule has 0 rings (SSSR count). The van der Waals surface area contributed by atoms with Crippen molar-refractivity contribution in [3.05, 3.63) is 0 Å². The third-order valence-electron chi connectivity index (χ3n) is 2.57. The van der Waals surface area contributed by atoms with Gasteiger partial charge in [0, 0.05) is 0 Å². The van der Waals surface area contributed by atoms with Gasteiger partial charge in [-0.15, -0.1) is 0 Å². The molecule has 0 aliphatic heterocycles. The molecule has 0 N–H and O–H groups in total. The van der Waals surface area contributed by atoms with Crippen molar-refractivity contribution in [2.75, 3.05) is 24.7 Å². The topological polar surface area (TPSA) is 52.6 Å². The minimum absolute atomic E-state index is 0.200. The summed E-state index contributed by atoms with van der Waals surface area (Å²) in [7, 11) is 0. The van der Waals surface area contributed by atoms with Crippen LogP contribution in [0.2, 0.25) is 9.02 Å². The van der Waals surface area contributed by atoms with E-state index in [1.165, 1.54) is 0 Å². The number of rotatable bonds is 10. The van der Waals surface area contributed by atoms with Gasteiger partial charge in [-0.05, 0) is 0 Å². The van der Waals surface area contributed by atoms with Gasteiger partial charge in [-0.2, -0.15) is 0 Å². The maximum atomic E-state index is 11.8. The summed E-state index contributed by atoms with van der Waals surface area (Å²) in [4.78, 5) is 23.6. The predicted molar refractivity (Wildman–Crippen MR) is 77.7 cm³/mol. The van der Waals surface area contributed by atoms with Crippen molar-refractivity contribution < 1.29 is 36.2 Å². The van der Waals surface area contributed by atoms with Gasteiger partial charge in [-0.25, -0.2) is 0 Å². The fourth-order valence-electron chi connectivity index (χ4n) is 1.48.